The number of hydrogen-bond donors (Lipinski definition) is 3. The van der Waals surface area contributed by atoms with Crippen molar-refractivity contribution in [1.82, 2.24) is 15.0 Å². The van der Waals surface area contributed by atoms with Crippen LogP contribution in [0.25, 0.3) is 0 Å². The Labute approximate surface area is 110 Å². The lowest BCUT2D eigenvalue weighted by Crippen LogP contribution is -2.19. The lowest BCUT2D eigenvalue weighted by atomic mass is 10.4. The largest absolute Gasteiger partial charge is 0.377 e. The fraction of sp³-hybridized carbons (Fsp3) is 0. The number of aromatic amines is 1. The van der Waals surface area contributed by atoms with Crippen molar-refractivity contribution >= 4 is 28.9 Å². The second-order valence-corrected chi connectivity index (χ2v) is 3.73. The number of H-pyrrole nitrogens is 1. The number of hydrazine groups is 1. The van der Waals surface area contributed by atoms with E-state index in [1.165, 1.54) is 6.20 Å². The van der Waals surface area contributed by atoms with Crippen molar-refractivity contribution in [3.63, 3.8) is 0 Å². The van der Waals surface area contributed by atoms with Crippen LogP contribution in [0.5, 0.6) is 0 Å². The van der Waals surface area contributed by atoms with Gasteiger partial charge in [0, 0.05) is 6.20 Å². The number of nitrogens with zero attached hydrogens (tertiary/aromatic N) is 3. The predicted molar refractivity (Wildman–Crippen MR) is 68.0 cm³/mol. The molecule has 0 atom stereocenters. The third-order valence-corrected chi connectivity index (χ3v) is 2.27. The van der Waals surface area contributed by atoms with Crippen molar-refractivity contribution < 1.29 is 4.92 Å². The molecule has 0 aromatic carbocycles. The minimum atomic E-state index is -0.853. The van der Waals surface area contributed by atoms with E-state index < -0.39 is 16.2 Å². The van der Waals surface area contributed by atoms with Gasteiger partial charge in [-0.05, 0) is 12.1 Å². The summed E-state index contributed by atoms with van der Waals surface area (Å²) in [5, 5.41) is 11.2. The lowest BCUT2D eigenvalue weighted by Gasteiger charge is -2.07. The van der Waals surface area contributed by atoms with Gasteiger partial charge in [-0.3, -0.25) is 25.8 Å². The van der Waals surface area contributed by atoms with Crippen molar-refractivity contribution in [2.45, 2.75) is 0 Å². The number of anilines is 2. The smallest absolute Gasteiger partial charge is 0.307 e. The fourth-order valence-corrected chi connectivity index (χ4v) is 1.34. The van der Waals surface area contributed by atoms with E-state index in [-0.39, 0.29) is 5.82 Å². The summed E-state index contributed by atoms with van der Waals surface area (Å²) in [4.78, 5) is 30.9. The lowest BCUT2D eigenvalue weighted by molar-refractivity contribution is -0.385. The van der Waals surface area contributed by atoms with E-state index in [0.29, 0.717) is 10.8 Å². The van der Waals surface area contributed by atoms with Gasteiger partial charge in [0.1, 0.15) is 5.82 Å². The number of rotatable bonds is 4. The number of aromatic nitrogens is 3. The zero-order valence-corrected chi connectivity index (χ0v) is 10.0. The normalized spacial score (nSPS) is 9.95. The molecule has 0 bridgehead atoms. The minimum Gasteiger partial charge on any atom is -0.307 e. The first-order valence-corrected chi connectivity index (χ1v) is 5.31. The molecule has 2 heterocycles. The zero-order chi connectivity index (χ0) is 13.8. The molecule has 10 heteroatoms. The topological polar surface area (TPSA) is 126 Å². The maximum atomic E-state index is 11.3. The first-order chi connectivity index (χ1) is 9.08. The summed E-state index contributed by atoms with van der Waals surface area (Å²) < 4.78 is 0. The molecule has 9 nitrogen and oxygen atoms in total. The van der Waals surface area contributed by atoms with Crippen LogP contribution in [0.15, 0.2) is 29.5 Å². The fourth-order valence-electron chi connectivity index (χ4n) is 1.23. The molecule has 0 spiro atoms. The van der Waals surface area contributed by atoms with E-state index in [1.54, 1.807) is 12.1 Å². The van der Waals surface area contributed by atoms with E-state index in [4.69, 9.17) is 11.6 Å². The second kappa shape index (κ2) is 5.31. The molecule has 0 saturated carbocycles. The number of pyridine rings is 1. The maximum absolute atomic E-state index is 11.3. The van der Waals surface area contributed by atoms with E-state index in [0.717, 1.165) is 6.33 Å². The van der Waals surface area contributed by atoms with Gasteiger partial charge in [0.25, 0.3) is 0 Å². The van der Waals surface area contributed by atoms with Gasteiger partial charge in [-0.25, -0.2) is 9.97 Å². The van der Waals surface area contributed by atoms with E-state index >= 15 is 0 Å². The van der Waals surface area contributed by atoms with Gasteiger partial charge >= 0.3 is 11.2 Å². The Morgan fingerprint density at radius 2 is 2.11 bits per heavy atom. The maximum Gasteiger partial charge on any atom is 0.377 e. The predicted octanol–water partition coefficient (Wildman–Crippen LogP) is 1.17. The Morgan fingerprint density at radius 3 is 2.74 bits per heavy atom. The molecule has 3 N–H and O–H groups in total. The third kappa shape index (κ3) is 2.96. The molecule has 0 saturated heterocycles. The summed E-state index contributed by atoms with van der Waals surface area (Å²) in [5.74, 6) is 0.145. The third-order valence-electron chi connectivity index (χ3n) is 2.05. The number of nitrogens with one attached hydrogen (secondary N) is 3. The van der Waals surface area contributed by atoms with Gasteiger partial charge in [0.15, 0.2) is 0 Å². The van der Waals surface area contributed by atoms with Gasteiger partial charge in [0.2, 0.25) is 5.82 Å². The second-order valence-electron chi connectivity index (χ2n) is 3.30. The molecule has 0 aliphatic heterocycles. The first-order valence-electron chi connectivity index (χ1n) is 4.93. The van der Waals surface area contributed by atoms with Gasteiger partial charge in [-0.15, -0.1) is 0 Å². The zero-order valence-electron chi connectivity index (χ0n) is 9.25. The molecular formula is C9H7ClN6O3. The highest BCUT2D eigenvalue weighted by molar-refractivity contribution is 6.30. The Balaban J connectivity index is 2.20. The summed E-state index contributed by atoms with van der Waals surface area (Å²) in [6.45, 7) is 0. The first kappa shape index (κ1) is 12.8. The molecule has 2 aromatic heterocycles. The van der Waals surface area contributed by atoms with Crippen LogP contribution in [0.4, 0.5) is 17.3 Å². The summed E-state index contributed by atoms with van der Waals surface area (Å²) >= 11 is 5.66. The Morgan fingerprint density at radius 1 is 1.32 bits per heavy atom. The van der Waals surface area contributed by atoms with Gasteiger partial charge in [0.05, 0.1) is 16.3 Å². The van der Waals surface area contributed by atoms with Gasteiger partial charge < -0.3 is 4.98 Å². The molecule has 0 unspecified atom stereocenters. The Hall–Kier alpha value is -2.68. The number of nitro groups is 1. The average Bonchev–Trinajstić information content (AvgIpc) is 2.37. The van der Waals surface area contributed by atoms with E-state index in [1.807, 2.05) is 0 Å². The van der Waals surface area contributed by atoms with Crippen LogP contribution in [0, 0.1) is 10.1 Å². The standard InChI is InChI=1S/C9H7ClN6O3/c10-5-1-2-6(11-3-5)14-15-8-7(16(18)19)9(17)13-4-12-8/h1-4H,(H,11,14)(H2,12,13,15,17). The highest BCUT2D eigenvalue weighted by Crippen LogP contribution is 2.15. The van der Waals surface area contributed by atoms with Crippen molar-refractivity contribution in [2.24, 2.45) is 0 Å². The Bertz CT molecular complexity index is 656. The molecule has 19 heavy (non-hydrogen) atoms. The highest BCUT2D eigenvalue weighted by Gasteiger charge is 2.20. The number of halogens is 1. The van der Waals surface area contributed by atoms with Crippen LogP contribution in [-0.2, 0) is 0 Å². The quantitative estimate of drug-likeness (QED) is 0.567. The molecule has 0 aliphatic rings. The van der Waals surface area contributed by atoms with Crippen molar-refractivity contribution in [3.05, 3.63) is 50.1 Å². The SMILES string of the molecule is O=c1[nH]cnc(NNc2ccc(Cl)cn2)c1[N+](=O)[O-]. The molecule has 2 aromatic rings. The number of hydrogen-bond acceptors (Lipinski definition) is 7. The van der Waals surface area contributed by atoms with E-state index in [2.05, 4.69) is 25.8 Å². The summed E-state index contributed by atoms with van der Waals surface area (Å²) in [5.41, 5.74) is 3.47. The van der Waals surface area contributed by atoms with Crippen LogP contribution >= 0.6 is 11.6 Å². The highest BCUT2D eigenvalue weighted by atomic mass is 35.5. The van der Waals surface area contributed by atoms with Crippen molar-refractivity contribution in [3.8, 4) is 0 Å². The molecule has 98 valence electrons. The van der Waals surface area contributed by atoms with Crippen LogP contribution in [0.2, 0.25) is 5.02 Å². The monoisotopic (exact) mass is 282 g/mol. The van der Waals surface area contributed by atoms with Gasteiger partial charge in [-0.2, -0.15) is 0 Å². The van der Waals surface area contributed by atoms with E-state index in [9.17, 15) is 14.9 Å². The summed E-state index contributed by atoms with van der Waals surface area (Å²) in [6.07, 6.45) is 2.44. The molecule has 0 radical (unpaired) electrons. The molecule has 0 aliphatic carbocycles. The molecule has 2 rings (SSSR count). The summed E-state index contributed by atoms with van der Waals surface area (Å²) in [7, 11) is 0. The van der Waals surface area contributed by atoms with Crippen LogP contribution in [0.1, 0.15) is 0 Å². The molecular weight excluding hydrogens is 276 g/mol. The van der Waals surface area contributed by atoms with Crippen LogP contribution in [0.3, 0.4) is 0 Å². The van der Waals surface area contributed by atoms with Crippen LogP contribution in [-0.4, -0.2) is 19.9 Å². The molecule has 0 fully saturated rings. The molecule has 0 amide bonds. The average molecular weight is 283 g/mol. The Kier molecular flexibility index (Phi) is 3.57. The van der Waals surface area contributed by atoms with Crippen LogP contribution < -0.4 is 16.4 Å². The van der Waals surface area contributed by atoms with Crippen molar-refractivity contribution in [1.29, 1.82) is 0 Å². The van der Waals surface area contributed by atoms with Crippen molar-refractivity contribution in [2.75, 3.05) is 10.9 Å². The minimum absolute atomic E-state index is 0.217. The van der Waals surface area contributed by atoms with Gasteiger partial charge in [-0.1, -0.05) is 11.6 Å². The summed E-state index contributed by atoms with van der Waals surface area (Å²) in [6, 6.07) is 3.13.